The molecule has 4 aromatic rings. The Labute approximate surface area is 185 Å². The van der Waals surface area contributed by atoms with Crippen LogP contribution < -0.4 is 5.32 Å². The quantitative estimate of drug-likeness (QED) is 0.512. The van der Waals surface area contributed by atoms with E-state index in [0.29, 0.717) is 19.6 Å². The van der Waals surface area contributed by atoms with Crippen LogP contribution in [0.25, 0.3) is 16.6 Å². The number of hydrogen-bond acceptors (Lipinski definition) is 5. The molecular formula is C22H23FN6O2S. The molecule has 5 rings (SSSR count). The molecule has 0 amide bonds. The van der Waals surface area contributed by atoms with Gasteiger partial charge in [0.25, 0.3) is 10.0 Å². The van der Waals surface area contributed by atoms with Gasteiger partial charge in [-0.15, -0.1) is 0 Å². The highest BCUT2D eigenvalue weighted by molar-refractivity contribution is 7.89. The Bertz CT molecular complexity index is 1390. The minimum atomic E-state index is -3.66. The number of rotatable bonds is 4. The molecular weight excluding hydrogens is 431 g/mol. The van der Waals surface area contributed by atoms with Crippen LogP contribution in [0, 0.1) is 12.7 Å². The van der Waals surface area contributed by atoms with Crippen LogP contribution in [0.5, 0.6) is 0 Å². The Balaban J connectivity index is 1.46. The van der Waals surface area contributed by atoms with E-state index in [-0.39, 0.29) is 16.9 Å². The van der Waals surface area contributed by atoms with E-state index in [0.717, 1.165) is 27.7 Å². The average molecular weight is 455 g/mol. The summed E-state index contributed by atoms with van der Waals surface area (Å²) in [6.45, 7) is 3.25. The van der Waals surface area contributed by atoms with Gasteiger partial charge in [-0.25, -0.2) is 17.5 Å². The predicted molar refractivity (Wildman–Crippen MR) is 118 cm³/mol. The van der Waals surface area contributed by atoms with E-state index >= 15 is 0 Å². The van der Waals surface area contributed by atoms with Gasteiger partial charge in [-0.1, -0.05) is 0 Å². The maximum Gasteiger partial charge on any atom is 0.262 e. The third-order valence-corrected chi connectivity index (χ3v) is 7.59. The lowest BCUT2D eigenvalue weighted by atomic mass is 9.98. The summed E-state index contributed by atoms with van der Waals surface area (Å²) in [7, 11) is -1.96. The summed E-state index contributed by atoms with van der Waals surface area (Å²) in [6.07, 6.45) is 3.40. The van der Waals surface area contributed by atoms with E-state index in [4.69, 9.17) is 0 Å². The first-order chi connectivity index (χ1) is 15.3. The van der Waals surface area contributed by atoms with E-state index < -0.39 is 10.0 Å². The van der Waals surface area contributed by atoms with E-state index in [1.54, 1.807) is 36.3 Å². The van der Waals surface area contributed by atoms with Crippen LogP contribution in [-0.4, -0.2) is 51.9 Å². The van der Waals surface area contributed by atoms with Crippen molar-refractivity contribution < 1.29 is 12.8 Å². The van der Waals surface area contributed by atoms with Gasteiger partial charge in [0.15, 0.2) is 5.03 Å². The second kappa shape index (κ2) is 7.80. The summed E-state index contributed by atoms with van der Waals surface area (Å²) in [5.41, 5.74) is 3.73. The summed E-state index contributed by atoms with van der Waals surface area (Å²) in [4.78, 5) is 0. The lowest BCUT2D eigenvalue weighted by molar-refractivity contribution is 0.300. The molecule has 1 unspecified atom stereocenters. The highest BCUT2D eigenvalue weighted by atomic mass is 32.2. The molecule has 166 valence electrons. The van der Waals surface area contributed by atoms with Crippen LogP contribution in [0.2, 0.25) is 0 Å². The Hall–Kier alpha value is -3.08. The molecule has 1 saturated heterocycles. The lowest BCUT2D eigenvalue weighted by Crippen LogP contribution is -2.48. The SMILES string of the molecule is Cc1cc2c(cnn2-c2ccc(F)cc2)cc1C1CN(S(=O)(=O)c2ccn(C)n2)CCN1. The zero-order valence-electron chi connectivity index (χ0n) is 17.7. The normalized spacial score (nSPS) is 17.8. The maximum atomic E-state index is 13.3. The Morgan fingerprint density at radius 3 is 2.66 bits per heavy atom. The number of fused-ring (bicyclic) bond motifs is 1. The van der Waals surface area contributed by atoms with E-state index in [1.807, 2.05) is 19.1 Å². The van der Waals surface area contributed by atoms with Gasteiger partial charge in [0.1, 0.15) is 5.82 Å². The monoisotopic (exact) mass is 454 g/mol. The second-order valence-corrected chi connectivity index (χ2v) is 9.88. The number of nitrogens with one attached hydrogen (secondary N) is 1. The molecule has 0 saturated carbocycles. The first-order valence-electron chi connectivity index (χ1n) is 10.3. The third kappa shape index (κ3) is 3.60. The molecule has 2 aromatic carbocycles. The molecule has 0 aliphatic carbocycles. The molecule has 2 aromatic heterocycles. The zero-order chi connectivity index (χ0) is 22.5. The van der Waals surface area contributed by atoms with Crippen LogP contribution in [0.4, 0.5) is 4.39 Å². The summed E-state index contributed by atoms with van der Waals surface area (Å²) < 4.78 is 44.1. The Kier molecular flexibility index (Phi) is 5.07. The van der Waals surface area contributed by atoms with E-state index in [1.165, 1.54) is 27.2 Å². The second-order valence-electron chi connectivity index (χ2n) is 8.00. The molecule has 32 heavy (non-hydrogen) atoms. The van der Waals surface area contributed by atoms with Crippen molar-refractivity contribution in [2.45, 2.75) is 18.0 Å². The Morgan fingerprint density at radius 1 is 1.16 bits per heavy atom. The summed E-state index contributed by atoms with van der Waals surface area (Å²) >= 11 is 0. The fourth-order valence-electron chi connectivity index (χ4n) is 4.17. The van der Waals surface area contributed by atoms with Crippen molar-refractivity contribution in [3.63, 3.8) is 0 Å². The van der Waals surface area contributed by atoms with Crippen LogP contribution in [0.1, 0.15) is 17.2 Å². The summed E-state index contributed by atoms with van der Waals surface area (Å²) in [5, 5.41) is 13.0. The van der Waals surface area contributed by atoms with Crippen LogP contribution in [0.15, 0.2) is 59.9 Å². The summed E-state index contributed by atoms with van der Waals surface area (Å²) in [6, 6.07) is 11.6. The van der Waals surface area contributed by atoms with E-state index in [9.17, 15) is 12.8 Å². The number of nitrogens with zero attached hydrogens (tertiary/aromatic N) is 5. The van der Waals surface area contributed by atoms with Gasteiger partial charge in [-0.2, -0.15) is 14.5 Å². The van der Waals surface area contributed by atoms with Crippen molar-refractivity contribution in [2.24, 2.45) is 7.05 Å². The van der Waals surface area contributed by atoms with Crippen molar-refractivity contribution >= 4 is 20.9 Å². The average Bonchev–Trinajstić information content (AvgIpc) is 3.40. The number of hydrogen-bond donors (Lipinski definition) is 1. The molecule has 1 atom stereocenters. The minimum Gasteiger partial charge on any atom is -0.307 e. The highest BCUT2D eigenvalue weighted by Gasteiger charge is 2.32. The maximum absolute atomic E-state index is 13.3. The molecule has 10 heteroatoms. The predicted octanol–water partition coefficient (Wildman–Crippen LogP) is 2.54. The molecule has 3 heterocycles. The first kappa shape index (κ1) is 20.8. The topological polar surface area (TPSA) is 85.1 Å². The molecule has 0 bridgehead atoms. The standard InChI is InChI=1S/C22H23FN6O2S/c1-15-11-21-16(13-25-29(21)18-5-3-17(23)4-6-18)12-19(15)20-14-28(10-8-24-20)32(30,31)22-7-9-27(2)26-22/h3-7,9,11-13,20,24H,8,10,14H2,1-2H3. The smallest absolute Gasteiger partial charge is 0.262 e. The molecule has 0 spiro atoms. The Morgan fingerprint density at radius 2 is 1.94 bits per heavy atom. The molecule has 1 N–H and O–H groups in total. The van der Waals surface area contributed by atoms with Crippen molar-refractivity contribution in [1.82, 2.24) is 29.2 Å². The molecule has 1 fully saturated rings. The first-order valence-corrected chi connectivity index (χ1v) is 11.7. The number of piperazine rings is 1. The fraction of sp³-hybridized carbons (Fsp3) is 0.273. The molecule has 1 aliphatic rings. The van der Waals surface area contributed by atoms with Gasteiger partial charge in [0.05, 0.1) is 17.4 Å². The minimum absolute atomic E-state index is 0.0633. The lowest BCUT2D eigenvalue weighted by Gasteiger charge is -2.33. The zero-order valence-corrected chi connectivity index (χ0v) is 18.6. The largest absolute Gasteiger partial charge is 0.307 e. The van der Waals surface area contributed by atoms with Gasteiger partial charge in [0.2, 0.25) is 0 Å². The van der Waals surface area contributed by atoms with Gasteiger partial charge < -0.3 is 5.32 Å². The van der Waals surface area contributed by atoms with Gasteiger partial charge in [0, 0.05) is 44.3 Å². The highest BCUT2D eigenvalue weighted by Crippen LogP contribution is 2.29. The number of halogens is 1. The van der Waals surface area contributed by atoms with Crippen molar-refractivity contribution in [2.75, 3.05) is 19.6 Å². The van der Waals surface area contributed by atoms with Crippen molar-refractivity contribution in [1.29, 1.82) is 0 Å². The summed E-state index contributed by atoms with van der Waals surface area (Å²) in [5.74, 6) is -0.294. The molecule has 1 aliphatic heterocycles. The van der Waals surface area contributed by atoms with Crippen molar-refractivity contribution in [3.05, 3.63) is 71.8 Å². The van der Waals surface area contributed by atoms with Gasteiger partial charge in [-0.05, 0) is 60.5 Å². The van der Waals surface area contributed by atoms with Gasteiger partial charge >= 0.3 is 0 Å². The van der Waals surface area contributed by atoms with Crippen LogP contribution in [0.3, 0.4) is 0 Å². The molecule has 0 radical (unpaired) electrons. The van der Waals surface area contributed by atoms with E-state index in [2.05, 4.69) is 15.5 Å². The number of benzene rings is 2. The van der Waals surface area contributed by atoms with Crippen LogP contribution >= 0.6 is 0 Å². The molecule has 8 nitrogen and oxygen atoms in total. The van der Waals surface area contributed by atoms with Crippen LogP contribution in [-0.2, 0) is 17.1 Å². The third-order valence-electron chi connectivity index (χ3n) is 5.83. The van der Waals surface area contributed by atoms with Crippen molar-refractivity contribution in [3.8, 4) is 5.69 Å². The fourth-order valence-corrected chi connectivity index (χ4v) is 5.58. The number of sulfonamides is 1. The number of aromatic nitrogens is 4. The van der Waals surface area contributed by atoms with Gasteiger partial charge in [-0.3, -0.25) is 4.68 Å². The number of aryl methyl sites for hydroxylation is 2.